The molecule has 4 rings (SSSR count). The molecule has 1 aromatic heterocycles. The average molecular weight is 324 g/mol. The molecule has 0 spiro atoms. The van der Waals surface area contributed by atoms with E-state index in [1.807, 2.05) is 66.9 Å². The molecule has 0 aliphatic rings. The first-order chi connectivity index (χ1) is 12.3. The number of amides is 1. The standard InChI is InChI=1S/C22H16N2O/c25-22(17-11-5-2-6-12-17)24-20-14-8-7-13-18-19(15-23-21(18)20)16-9-3-1-4-10-16/h1-15,23H. The van der Waals surface area contributed by atoms with Crippen LogP contribution in [0.3, 0.4) is 0 Å². The normalized spacial score (nSPS) is 11.6. The Morgan fingerprint density at radius 1 is 0.760 bits per heavy atom. The highest BCUT2D eigenvalue weighted by molar-refractivity contribution is 5.97. The summed E-state index contributed by atoms with van der Waals surface area (Å²) in [4.78, 5) is 20.1. The predicted molar refractivity (Wildman–Crippen MR) is 100 cm³/mol. The third-order valence-electron chi connectivity index (χ3n) is 4.13. The molecule has 0 saturated carbocycles. The Morgan fingerprint density at radius 2 is 1.40 bits per heavy atom. The van der Waals surface area contributed by atoms with E-state index in [-0.39, 0.29) is 5.91 Å². The molecule has 1 N–H and O–H groups in total. The van der Waals surface area contributed by atoms with Gasteiger partial charge in [0.15, 0.2) is 0 Å². The van der Waals surface area contributed by atoms with Crippen LogP contribution in [-0.4, -0.2) is 10.9 Å². The first-order valence-electron chi connectivity index (χ1n) is 8.13. The minimum atomic E-state index is -0.246. The Hall–Kier alpha value is -3.46. The number of hydrogen-bond donors (Lipinski definition) is 1. The number of carbonyl (C=O) groups excluding carboxylic acids is 1. The maximum absolute atomic E-state index is 12.5. The van der Waals surface area contributed by atoms with E-state index in [2.05, 4.69) is 22.1 Å². The minimum absolute atomic E-state index is 0.246. The van der Waals surface area contributed by atoms with Gasteiger partial charge in [-0.05, 0) is 23.8 Å². The lowest BCUT2D eigenvalue weighted by atomic mass is 10.1. The number of benzene rings is 2. The molecule has 25 heavy (non-hydrogen) atoms. The van der Waals surface area contributed by atoms with Crippen molar-refractivity contribution >= 4 is 16.8 Å². The van der Waals surface area contributed by atoms with Crippen LogP contribution in [0.25, 0.3) is 22.0 Å². The van der Waals surface area contributed by atoms with Gasteiger partial charge in [-0.1, -0.05) is 66.7 Å². The first-order valence-corrected chi connectivity index (χ1v) is 8.13. The Morgan fingerprint density at radius 3 is 2.16 bits per heavy atom. The molecule has 4 aromatic rings. The molecule has 1 heterocycles. The second-order valence-electron chi connectivity index (χ2n) is 5.74. The van der Waals surface area contributed by atoms with Crippen LogP contribution in [0.2, 0.25) is 0 Å². The third kappa shape index (κ3) is 3.00. The molecule has 0 aliphatic carbocycles. The molecular weight excluding hydrogens is 308 g/mol. The van der Waals surface area contributed by atoms with E-state index in [0.717, 1.165) is 22.0 Å². The Kier molecular flexibility index (Phi) is 3.97. The molecule has 0 atom stereocenters. The van der Waals surface area contributed by atoms with Gasteiger partial charge < -0.3 is 4.98 Å². The van der Waals surface area contributed by atoms with Crippen LogP contribution in [0.5, 0.6) is 0 Å². The fourth-order valence-corrected chi connectivity index (χ4v) is 2.91. The van der Waals surface area contributed by atoms with E-state index in [0.29, 0.717) is 10.9 Å². The van der Waals surface area contributed by atoms with Gasteiger partial charge in [-0.15, -0.1) is 0 Å². The number of fused-ring (bicyclic) bond motifs is 1. The van der Waals surface area contributed by atoms with Crippen molar-refractivity contribution in [1.82, 2.24) is 4.98 Å². The summed E-state index contributed by atoms with van der Waals surface area (Å²) in [6.45, 7) is 0. The van der Waals surface area contributed by atoms with Gasteiger partial charge >= 0.3 is 0 Å². The molecule has 3 aromatic carbocycles. The van der Waals surface area contributed by atoms with Gasteiger partial charge in [-0.25, -0.2) is 4.99 Å². The first kappa shape index (κ1) is 15.1. The van der Waals surface area contributed by atoms with Crippen LogP contribution in [0.15, 0.2) is 96.1 Å². The van der Waals surface area contributed by atoms with Gasteiger partial charge in [-0.3, -0.25) is 4.79 Å². The SMILES string of the molecule is O=C(N=c1ccccc2c(-c3ccccc3)c[nH]c12)c1ccccc1. The molecule has 0 unspecified atom stereocenters. The Bertz CT molecular complexity index is 1100. The summed E-state index contributed by atoms with van der Waals surface area (Å²) in [7, 11) is 0. The molecule has 0 saturated heterocycles. The molecular formula is C22H16N2O. The number of aromatic nitrogens is 1. The monoisotopic (exact) mass is 324 g/mol. The maximum Gasteiger partial charge on any atom is 0.277 e. The van der Waals surface area contributed by atoms with Crippen LogP contribution >= 0.6 is 0 Å². The molecule has 3 nitrogen and oxygen atoms in total. The highest BCUT2D eigenvalue weighted by Crippen LogP contribution is 2.26. The lowest BCUT2D eigenvalue weighted by Crippen LogP contribution is -2.06. The van der Waals surface area contributed by atoms with Crippen molar-refractivity contribution < 1.29 is 4.79 Å². The predicted octanol–water partition coefficient (Wildman–Crippen LogP) is 4.58. The van der Waals surface area contributed by atoms with Crippen molar-refractivity contribution in [1.29, 1.82) is 0 Å². The van der Waals surface area contributed by atoms with E-state index >= 15 is 0 Å². The van der Waals surface area contributed by atoms with E-state index in [1.54, 1.807) is 12.1 Å². The Labute approximate surface area is 145 Å². The molecule has 0 bridgehead atoms. The van der Waals surface area contributed by atoms with Crippen molar-refractivity contribution in [3.05, 3.63) is 102 Å². The fourth-order valence-electron chi connectivity index (χ4n) is 2.91. The lowest BCUT2D eigenvalue weighted by Gasteiger charge is -1.97. The van der Waals surface area contributed by atoms with Crippen LogP contribution in [0.4, 0.5) is 0 Å². The van der Waals surface area contributed by atoms with Gasteiger partial charge in [0, 0.05) is 22.7 Å². The summed E-state index contributed by atoms with van der Waals surface area (Å²) in [5, 5.41) is 1.67. The number of carbonyl (C=O) groups is 1. The largest absolute Gasteiger partial charge is 0.359 e. The number of rotatable bonds is 2. The maximum atomic E-state index is 12.5. The van der Waals surface area contributed by atoms with E-state index in [1.165, 1.54) is 0 Å². The fraction of sp³-hybridized carbons (Fsp3) is 0. The zero-order valence-electron chi connectivity index (χ0n) is 13.5. The number of nitrogens with zero attached hydrogens (tertiary/aromatic N) is 1. The average Bonchev–Trinajstić information content (AvgIpc) is 2.99. The van der Waals surface area contributed by atoms with Crippen LogP contribution < -0.4 is 5.36 Å². The number of H-pyrrole nitrogens is 1. The van der Waals surface area contributed by atoms with Crippen molar-refractivity contribution in [3.63, 3.8) is 0 Å². The van der Waals surface area contributed by atoms with Gasteiger partial charge in [-0.2, -0.15) is 0 Å². The van der Waals surface area contributed by atoms with Crippen molar-refractivity contribution in [2.75, 3.05) is 0 Å². The zero-order chi connectivity index (χ0) is 17.1. The van der Waals surface area contributed by atoms with Gasteiger partial charge in [0.2, 0.25) is 0 Å². The number of aromatic amines is 1. The molecule has 1 amide bonds. The van der Waals surface area contributed by atoms with Gasteiger partial charge in [0.05, 0.1) is 10.9 Å². The quantitative estimate of drug-likeness (QED) is 0.576. The molecule has 3 heteroatoms. The van der Waals surface area contributed by atoms with Gasteiger partial charge in [0.1, 0.15) is 0 Å². The van der Waals surface area contributed by atoms with Crippen LogP contribution in [-0.2, 0) is 0 Å². The van der Waals surface area contributed by atoms with Crippen molar-refractivity contribution in [3.8, 4) is 11.1 Å². The van der Waals surface area contributed by atoms with Crippen LogP contribution in [0, 0.1) is 0 Å². The Balaban J connectivity index is 1.90. The number of hydrogen-bond acceptors (Lipinski definition) is 1. The van der Waals surface area contributed by atoms with E-state index < -0.39 is 0 Å². The smallest absolute Gasteiger partial charge is 0.277 e. The van der Waals surface area contributed by atoms with Gasteiger partial charge in [0.25, 0.3) is 5.91 Å². The summed E-state index contributed by atoms with van der Waals surface area (Å²) in [6.07, 6.45) is 1.96. The zero-order valence-corrected chi connectivity index (χ0v) is 13.5. The topological polar surface area (TPSA) is 45.2 Å². The summed E-state index contributed by atoms with van der Waals surface area (Å²) >= 11 is 0. The van der Waals surface area contributed by atoms with Crippen LogP contribution in [0.1, 0.15) is 10.4 Å². The minimum Gasteiger partial charge on any atom is -0.359 e. The third-order valence-corrected chi connectivity index (χ3v) is 4.13. The molecule has 0 fully saturated rings. The molecule has 0 radical (unpaired) electrons. The number of nitrogens with one attached hydrogen (secondary N) is 1. The highest BCUT2D eigenvalue weighted by Gasteiger charge is 2.07. The van der Waals surface area contributed by atoms with E-state index in [9.17, 15) is 4.79 Å². The van der Waals surface area contributed by atoms with Crippen molar-refractivity contribution in [2.45, 2.75) is 0 Å². The second-order valence-corrected chi connectivity index (χ2v) is 5.74. The summed E-state index contributed by atoms with van der Waals surface area (Å²) in [5.74, 6) is -0.246. The summed E-state index contributed by atoms with van der Waals surface area (Å²) < 4.78 is 0. The second kappa shape index (κ2) is 6.57. The highest BCUT2D eigenvalue weighted by atomic mass is 16.1. The summed E-state index contributed by atoms with van der Waals surface area (Å²) in [6, 6.07) is 27.0. The van der Waals surface area contributed by atoms with E-state index in [4.69, 9.17) is 0 Å². The van der Waals surface area contributed by atoms with Crippen molar-refractivity contribution in [2.24, 2.45) is 4.99 Å². The molecule has 0 aliphatic heterocycles. The summed E-state index contributed by atoms with van der Waals surface area (Å²) in [5.41, 5.74) is 3.65. The lowest BCUT2D eigenvalue weighted by molar-refractivity contribution is 0.0998. The molecule has 120 valence electrons.